The van der Waals surface area contributed by atoms with Crippen molar-refractivity contribution in [1.82, 2.24) is 4.72 Å². The molecule has 0 saturated heterocycles. The van der Waals surface area contributed by atoms with Gasteiger partial charge in [0.1, 0.15) is 0 Å². The van der Waals surface area contributed by atoms with Gasteiger partial charge in [0.2, 0.25) is 15.9 Å². The number of hydrogen-bond acceptors (Lipinski definition) is 4. The van der Waals surface area contributed by atoms with Gasteiger partial charge in [-0.2, -0.15) is 0 Å². The summed E-state index contributed by atoms with van der Waals surface area (Å²) in [6.07, 6.45) is 0.560. The highest BCUT2D eigenvalue weighted by molar-refractivity contribution is 7.89. The van der Waals surface area contributed by atoms with E-state index in [0.29, 0.717) is 17.7 Å². The van der Waals surface area contributed by atoms with E-state index in [4.69, 9.17) is 5.11 Å². The van der Waals surface area contributed by atoms with Gasteiger partial charge in [0.15, 0.2) is 0 Å². The third kappa shape index (κ3) is 3.61. The molecule has 1 heterocycles. The fourth-order valence-corrected chi connectivity index (χ4v) is 3.78. The molecule has 1 amide bonds. The summed E-state index contributed by atoms with van der Waals surface area (Å²) in [4.78, 5) is 11.4. The van der Waals surface area contributed by atoms with Crippen LogP contribution in [0, 0.1) is 5.92 Å². The summed E-state index contributed by atoms with van der Waals surface area (Å²) in [6.45, 7) is 3.72. The lowest BCUT2D eigenvalue weighted by atomic mass is 10.0. The molecule has 1 aromatic carbocycles. The van der Waals surface area contributed by atoms with Gasteiger partial charge < -0.3 is 10.4 Å². The van der Waals surface area contributed by atoms with Crippen molar-refractivity contribution in [2.75, 3.05) is 11.9 Å². The number of sulfonamides is 1. The molecular weight excluding hydrogens is 292 g/mol. The zero-order valence-electron chi connectivity index (χ0n) is 12.1. The molecule has 0 radical (unpaired) electrons. The molecule has 0 aromatic heterocycles. The maximum atomic E-state index is 12.4. The van der Waals surface area contributed by atoms with Gasteiger partial charge in [-0.15, -0.1) is 0 Å². The largest absolute Gasteiger partial charge is 0.396 e. The smallest absolute Gasteiger partial charge is 0.240 e. The maximum absolute atomic E-state index is 12.4. The van der Waals surface area contributed by atoms with Gasteiger partial charge in [0.25, 0.3) is 0 Å². The van der Waals surface area contributed by atoms with E-state index in [1.807, 2.05) is 13.8 Å². The Morgan fingerprint density at radius 3 is 2.71 bits per heavy atom. The van der Waals surface area contributed by atoms with E-state index >= 15 is 0 Å². The monoisotopic (exact) mass is 312 g/mol. The summed E-state index contributed by atoms with van der Waals surface area (Å²) in [5, 5.41) is 11.7. The zero-order valence-corrected chi connectivity index (χ0v) is 12.9. The Hall–Kier alpha value is -1.44. The fraction of sp³-hybridized carbons (Fsp3) is 0.500. The minimum absolute atomic E-state index is 0.0737. The first kappa shape index (κ1) is 15.9. The molecule has 1 unspecified atom stereocenters. The topological polar surface area (TPSA) is 95.5 Å². The molecule has 0 saturated carbocycles. The van der Waals surface area contributed by atoms with Gasteiger partial charge >= 0.3 is 0 Å². The number of nitrogens with one attached hydrogen (secondary N) is 2. The number of fused-ring (bicyclic) bond motifs is 1. The van der Waals surface area contributed by atoms with Crippen LogP contribution in [0.3, 0.4) is 0 Å². The summed E-state index contributed by atoms with van der Waals surface area (Å²) in [5.41, 5.74) is 1.35. The Balaban J connectivity index is 2.24. The van der Waals surface area contributed by atoms with Crippen molar-refractivity contribution >= 4 is 21.6 Å². The molecule has 3 N–H and O–H groups in total. The zero-order chi connectivity index (χ0) is 15.6. The number of amides is 1. The van der Waals surface area contributed by atoms with Crippen LogP contribution in [0.2, 0.25) is 0 Å². The number of aliphatic hydroxyl groups excluding tert-OH is 1. The molecule has 6 nitrogen and oxygen atoms in total. The number of anilines is 1. The van der Waals surface area contributed by atoms with Crippen LogP contribution >= 0.6 is 0 Å². The van der Waals surface area contributed by atoms with E-state index in [0.717, 1.165) is 0 Å². The van der Waals surface area contributed by atoms with Crippen LogP contribution in [0.25, 0.3) is 0 Å². The summed E-state index contributed by atoms with van der Waals surface area (Å²) in [5.74, 6) is -0.0579. The first-order chi connectivity index (χ1) is 9.83. The first-order valence-electron chi connectivity index (χ1n) is 6.89. The molecule has 0 spiro atoms. The summed E-state index contributed by atoms with van der Waals surface area (Å²) in [6, 6.07) is 4.27. The van der Waals surface area contributed by atoms with E-state index in [-0.39, 0.29) is 35.8 Å². The molecular formula is C14H20N2O4S. The number of carbonyl (C=O) groups is 1. The van der Waals surface area contributed by atoms with Crippen LogP contribution in [-0.2, 0) is 21.2 Å². The van der Waals surface area contributed by atoms with E-state index in [9.17, 15) is 13.2 Å². The second-order valence-corrected chi connectivity index (χ2v) is 7.24. The molecule has 7 heteroatoms. The molecule has 0 aliphatic carbocycles. The van der Waals surface area contributed by atoms with Crippen molar-refractivity contribution in [2.45, 2.75) is 37.6 Å². The Kier molecular flexibility index (Phi) is 4.65. The predicted molar refractivity (Wildman–Crippen MR) is 79.4 cm³/mol. The number of benzene rings is 1. The Morgan fingerprint density at radius 1 is 1.38 bits per heavy atom. The lowest BCUT2D eigenvalue weighted by Gasteiger charge is -2.21. The Labute approximate surface area is 124 Å². The average molecular weight is 312 g/mol. The summed E-state index contributed by atoms with van der Waals surface area (Å²) >= 11 is 0. The van der Waals surface area contributed by atoms with Crippen LogP contribution in [0.15, 0.2) is 23.1 Å². The number of carbonyl (C=O) groups excluding carboxylic acids is 1. The van der Waals surface area contributed by atoms with E-state index < -0.39 is 10.0 Å². The highest BCUT2D eigenvalue weighted by Crippen LogP contribution is 2.26. The molecule has 1 atom stereocenters. The molecule has 0 fully saturated rings. The van der Waals surface area contributed by atoms with Crippen LogP contribution < -0.4 is 10.0 Å². The third-order valence-electron chi connectivity index (χ3n) is 3.56. The van der Waals surface area contributed by atoms with Crippen LogP contribution in [0.5, 0.6) is 0 Å². The van der Waals surface area contributed by atoms with Crippen molar-refractivity contribution in [3.63, 3.8) is 0 Å². The first-order valence-corrected chi connectivity index (χ1v) is 8.38. The predicted octanol–water partition coefficient (Wildman–Crippen LogP) is 0.866. The highest BCUT2D eigenvalue weighted by atomic mass is 32.2. The molecule has 1 aliphatic heterocycles. The Morgan fingerprint density at radius 2 is 2.10 bits per heavy atom. The van der Waals surface area contributed by atoms with Gasteiger partial charge in [-0.25, -0.2) is 13.1 Å². The maximum Gasteiger partial charge on any atom is 0.240 e. The van der Waals surface area contributed by atoms with Gasteiger partial charge in [-0.05, 0) is 36.1 Å². The minimum Gasteiger partial charge on any atom is -0.396 e. The van der Waals surface area contributed by atoms with Crippen molar-refractivity contribution in [3.8, 4) is 0 Å². The number of hydrogen-bond donors (Lipinski definition) is 3. The molecule has 1 aliphatic rings. The van der Waals surface area contributed by atoms with Crippen molar-refractivity contribution < 1.29 is 18.3 Å². The molecule has 116 valence electrons. The van der Waals surface area contributed by atoms with Gasteiger partial charge in [-0.3, -0.25) is 4.79 Å². The quantitative estimate of drug-likeness (QED) is 0.726. The lowest BCUT2D eigenvalue weighted by molar-refractivity contribution is -0.115. The van der Waals surface area contributed by atoms with E-state index in [1.165, 1.54) is 12.1 Å². The molecule has 0 bridgehead atoms. The number of aliphatic hydroxyl groups is 1. The lowest BCUT2D eigenvalue weighted by Crippen LogP contribution is -2.39. The Bertz CT molecular complexity index is 640. The van der Waals surface area contributed by atoms with Crippen molar-refractivity contribution in [3.05, 3.63) is 23.8 Å². The molecule has 1 aromatic rings. The fourth-order valence-electron chi connectivity index (χ4n) is 2.31. The normalized spacial score (nSPS) is 15.9. The second kappa shape index (κ2) is 6.13. The van der Waals surface area contributed by atoms with Gasteiger partial charge in [-0.1, -0.05) is 13.8 Å². The van der Waals surface area contributed by atoms with Gasteiger partial charge in [0.05, 0.1) is 11.3 Å². The SMILES string of the molecule is CC(C)C(CCO)NS(=O)(=O)c1ccc2c(c1)CC(=O)N2. The van der Waals surface area contributed by atoms with Crippen LogP contribution in [0.1, 0.15) is 25.8 Å². The molecule has 21 heavy (non-hydrogen) atoms. The molecule has 2 rings (SSSR count). The van der Waals surface area contributed by atoms with Crippen molar-refractivity contribution in [1.29, 1.82) is 0 Å². The summed E-state index contributed by atoms with van der Waals surface area (Å²) < 4.78 is 27.4. The highest BCUT2D eigenvalue weighted by Gasteiger charge is 2.25. The average Bonchev–Trinajstić information content (AvgIpc) is 2.76. The summed E-state index contributed by atoms with van der Waals surface area (Å²) in [7, 11) is -3.67. The second-order valence-electron chi connectivity index (χ2n) is 5.53. The number of rotatable bonds is 6. The standard InChI is InChI=1S/C14H20N2O4S/c1-9(2)12(5-6-17)16-21(19,20)11-3-4-13-10(7-11)8-14(18)15-13/h3-4,7,9,12,16-17H,5-6,8H2,1-2H3,(H,15,18). The third-order valence-corrected chi connectivity index (χ3v) is 5.05. The van der Waals surface area contributed by atoms with E-state index in [2.05, 4.69) is 10.0 Å². The van der Waals surface area contributed by atoms with E-state index in [1.54, 1.807) is 6.07 Å². The van der Waals surface area contributed by atoms with Crippen LogP contribution in [0.4, 0.5) is 5.69 Å². The van der Waals surface area contributed by atoms with Gasteiger partial charge in [0, 0.05) is 18.3 Å². The van der Waals surface area contributed by atoms with Crippen LogP contribution in [-0.4, -0.2) is 32.1 Å². The van der Waals surface area contributed by atoms with Crippen molar-refractivity contribution in [2.24, 2.45) is 5.92 Å². The minimum atomic E-state index is -3.67.